The average molecular weight is 242 g/mol. The first kappa shape index (κ1) is 10.8. The fourth-order valence-electron chi connectivity index (χ4n) is 1.74. The summed E-state index contributed by atoms with van der Waals surface area (Å²) in [5.74, 6) is 2.58. The summed E-state index contributed by atoms with van der Waals surface area (Å²) in [5.41, 5.74) is 0. The smallest absolute Gasteiger partial charge is 0.493 e. The largest absolute Gasteiger partial charge is 0.864 e. The maximum atomic E-state index is 5.61. The molecule has 0 bridgehead atoms. The van der Waals surface area contributed by atoms with Crippen molar-refractivity contribution in [2.45, 2.75) is 0 Å². The van der Waals surface area contributed by atoms with E-state index in [1.54, 1.807) is 13.2 Å². The first-order chi connectivity index (χ1) is 8.86. The van der Waals surface area contributed by atoms with Crippen molar-refractivity contribution in [3.8, 4) is 23.0 Å². The van der Waals surface area contributed by atoms with Crippen LogP contribution in [0, 0.1) is 0 Å². The van der Waals surface area contributed by atoms with Gasteiger partial charge in [0.1, 0.15) is 17.2 Å². The predicted octanol–water partition coefficient (Wildman–Crippen LogP) is 2.53. The van der Waals surface area contributed by atoms with Crippen LogP contribution in [0.5, 0.6) is 23.0 Å². The number of hydrogen-bond donors (Lipinski definition) is 0. The Morgan fingerprint density at radius 2 is 1.39 bits per heavy atom. The van der Waals surface area contributed by atoms with Gasteiger partial charge in [-0.15, -0.1) is 0 Å². The van der Waals surface area contributed by atoms with Crippen LogP contribution in [0.2, 0.25) is 0 Å². The van der Waals surface area contributed by atoms with Gasteiger partial charge in [0.2, 0.25) is 0 Å². The molecule has 3 rings (SSSR count). The molecule has 2 aromatic carbocycles. The monoisotopic (exact) mass is 242 g/mol. The Labute approximate surface area is 105 Å². The number of methoxy groups -OCH3 is 1. The maximum absolute atomic E-state index is 5.61. The number of fused-ring (bicyclic) bond motifs is 1. The van der Waals surface area contributed by atoms with E-state index in [0.29, 0.717) is 23.0 Å². The van der Waals surface area contributed by atoms with Crippen molar-refractivity contribution in [2.24, 2.45) is 0 Å². The standard InChI is InChI=1S/C13H11BO4/c1-15-10-6-2-3-7-11(10)16-14-17-12-8-4-5-9-13(12)18-14/h2-9H,1H3. The molecule has 1 aliphatic rings. The zero-order valence-electron chi connectivity index (χ0n) is 9.83. The molecule has 0 saturated carbocycles. The molecule has 0 amide bonds. The van der Waals surface area contributed by atoms with Crippen LogP contribution >= 0.6 is 0 Å². The van der Waals surface area contributed by atoms with Gasteiger partial charge >= 0.3 is 7.32 Å². The van der Waals surface area contributed by atoms with E-state index in [-0.39, 0.29) is 0 Å². The van der Waals surface area contributed by atoms with E-state index in [1.165, 1.54) is 0 Å². The van der Waals surface area contributed by atoms with Crippen LogP contribution in [0.25, 0.3) is 0 Å². The van der Waals surface area contributed by atoms with Crippen LogP contribution in [0.1, 0.15) is 0 Å². The second-order valence-electron chi connectivity index (χ2n) is 3.74. The molecular weight excluding hydrogens is 231 g/mol. The summed E-state index contributed by atoms with van der Waals surface area (Å²) in [6.45, 7) is 0. The van der Waals surface area contributed by atoms with Crippen molar-refractivity contribution >= 4 is 7.32 Å². The van der Waals surface area contributed by atoms with Gasteiger partial charge in [-0.05, 0) is 24.3 Å². The zero-order valence-corrected chi connectivity index (χ0v) is 9.83. The molecule has 4 nitrogen and oxygen atoms in total. The van der Waals surface area contributed by atoms with Gasteiger partial charge in [0, 0.05) is 0 Å². The highest BCUT2D eigenvalue weighted by Gasteiger charge is 2.38. The van der Waals surface area contributed by atoms with Crippen LogP contribution < -0.4 is 18.7 Å². The van der Waals surface area contributed by atoms with Crippen molar-refractivity contribution in [3.63, 3.8) is 0 Å². The summed E-state index contributed by atoms with van der Waals surface area (Å²) in [6.07, 6.45) is 0. The molecule has 0 saturated heterocycles. The molecule has 2 aromatic rings. The number of hydrogen-bond acceptors (Lipinski definition) is 4. The Balaban J connectivity index is 1.76. The number of ether oxygens (including phenoxy) is 1. The minimum atomic E-state index is -0.779. The lowest BCUT2D eigenvalue weighted by Crippen LogP contribution is -2.32. The fourth-order valence-corrected chi connectivity index (χ4v) is 1.74. The predicted molar refractivity (Wildman–Crippen MR) is 67.1 cm³/mol. The Bertz CT molecular complexity index is 533. The molecule has 18 heavy (non-hydrogen) atoms. The molecule has 0 aromatic heterocycles. The van der Waals surface area contributed by atoms with Crippen LogP contribution in [0.15, 0.2) is 48.5 Å². The normalized spacial score (nSPS) is 12.4. The SMILES string of the molecule is COc1ccccc1OB1Oc2ccccc2O1. The molecule has 1 heterocycles. The number of para-hydroxylation sites is 4. The Hall–Kier alpha value is -2.30. The molecular formula is C13H11BO4. The minimum Gasteiger partial charge on any atom is -0.493 e. The topological polar surface area (TPSA) is 36.9 Å². The quantitative estimate of drug-likeness (QED) is 0.775. The minimum absolute atomic E-state index is 0.581. The van der Waals surface area contributed by atoms with E-state index in [1.807, 2.05) is 42.5 Å². The van der Waals surface area contributed by atoms with Crippen LogP contribution in [0.4, 0.5) is 0 Å². The molecule has 0 atom stereocenters. The van der Waals surface area contributed by atoms with E-state index in [9.17, 15) is 0 Å². The van der Waals surface area contributed by atoms with Crippen molar-refractivity contribution < 1.29 is 18.7 Å². The number of rotatable bonds is 3. The second kappa shape index (κ2) is 4.53. The lowest BCUT2D eigenvalue weighted by molar-refractivity contribution is 0.331. The summed E-state index contributed by atoms with van der Waals surface area (Å²) in [6, 6.07) is 14.8. The van der Waals surface area contributed by atoms with E-state index < -0.39 is 7.32 Å². The zero-order chi connectivity index (χ0) is 12.4. The van der Waals surface area contributed by atoms with Crippen LogP contribution in [0.3, 0.4) is 0 Å². The highest BCUT2D eigenvalue weighted by Crippen LogP contribution is 2.34. The summed E-state index contributed by atoms with van der Waals surface area (Å²) in [5, 5.41) is 0. The van der Waals surface area contributed by atoms with Gasteiger partial charge in [0.05, 0.1) is 7.11 Å². The van der Waals surface area contributed by atoms with Gasteiger partial charge in [-0.25, -0.2) is 0 Å². The number of benzene rings is 2. The first-order valence-corrected chi connectivity index (χ1v) is 5.59. The molecule has 5 heteroatoms. The third kappa shape index (κ3) is 1.95. The molecule has 0 aliphatic carbocycles. The third-order valence-electron chi connectivity index (χ3n) is 2.59. The highest BCUT2D eigenvalue weighted by molar-refractivity contribution is 6.41. The van der Waals surface area contributed by atoms with E-state index in [4.69, 9.17) is 18.7 Å². The molecule has 0 fully saturated rings. The second-order valence-corrected chi connectivity index (χ2v) is 3.74. The molecule has 1 aliphatic heterocycles. The van der Waals surface area contributed by atoms with Gasteiger partial charge in [-0.3, -0.25) is 0 Å². The molecule has 0 N–H and O–H groups in total. The Morgan fingerprint density at radius 1 is 0.833 bits per heavy atom. The van der Waals surface area contributed by atoms with E-state index in [0.717, 1.165) is 0 Å². The maximum Gasteiger partial charge on any atom is 0.864 e. The lowest BCUT2D eigenvalue weighted by Gasteiger charge is -2.10. The Kier molecular flexibility index (Phi) is 2.72. The van der Waals surface area contributed by atoms with Crippen LogP contribution in [-0.4, -0.2) is 14.4 Å². The lowest BCUT2D eigenvalue weighted by atomic mass is 10.2. The summed E-state index contributed by atoms with van der Waals surface area (Å²) in [4.78, 5) is 0. The van der Waals surface area contributed by atoms with Crippen LogP contribution in [-0.2, 0) is 0 Å². The third-order valence-corrected chi connectivity index (χ3v) is 2.59. The summed E-state index contributed by atoms with van der Waals surface area (Å²) < 4.78 is 21.8. The average Bonchev–Trinajstić information content (AvgIpc) is 2.81. The molecule has 90 valence electrons. The Morgan fingerprint density at radius 3 is 2.00 bits per heavy atom. The van der Waals surface area contributed by atoms with E-state index >= 15 is 0 Å². The van der Waals surface area contributed by atoms with E-state index in [2.05, 4.69) is 0 Å². The van der Waals surface area contributed by atoms with Gasteiger partial charge in [-0.1, -0.05) is 24.3 Å². The molecule has 0 unspecified atom stereocenters. The van der Waals surface area contributed by atoms with Crippen molar-refractivity contribution in [3.05, 3.63) is 48.5 Å². The first-order valence-electron chi connectivity index (χ1n) is 5.59. The molecule has 0 radical (unpaired) electrons. The summed E-state index contributed by atoms with van der Waals surface area (Å²) >= 11 is 0. The van der Waals surface area contributed by atoms with Crippen molar-refractivity contribution in [2.75, 3.05) is 7.11 Å². The highest BCUT2D eigenvalue weighted by atomic mass is 16.8. The fraction of sp³-hybridized carbons (Fsp3) is 0.0769. The molecule has 0 spiro atoms. The van der Waals surface area contributed by atoms with Gasteiger partial charge in [0.15, 0.2) is 5.75 Å². The van der Waals surface area contributed by atoms with Gasteiger partial charge < -0.3 is 18.7 Å². The summed E-state index contributed by atoms with van der Waals surface area (Å²) in [7, 11) is 0.812. The van der Waals surface area contributed by atoms with Crippen molar-refractivity contribution in [1.82, 2.24) is 0 Å². The van der Waals surface area contributed by atoms with Crippen molar-refractivity contribution in [1.29, 1.82) is 0 Å². The van der Waals surface area contributed by atoms with Gasteiger partial charge in [0.25, 0.3) is 0 Å². The van der Waals surface area contributed by atoms with Gasteiger partial charge in [-0.2, -0.15) is 0 Å².